The molecule has 6 heteroatoms. The summed E-state index contributed by atoms with van der Waals surface area (Å²) in [6, 6.07) is 0.568. The van der Waals surface area contributed by atoms with Gasteiger partial charge in [-0.1, -0.05) is 10.2 Å². The molecule has 6 nitrogen and oxygen atoms in total. The fourth-order valence-electron chi connectivity index (χ4n) is 1.55. The van der Waals surface area contributed by atoms with Gasteiger partial charge in [-0.3, -0.25) is 0 Å². The first-order valence-corrected chi connectivity index (χ1v) is 4.54. The average Bonchev–Trinajstić information content (AvgIpc) is 2.51. The number of nitrogens with zero attached hydrogens (tertiary/aromatic N) is 3. The maximum absolute atomic E-state index is 5.38. The molecular weight excluding hydrogens is 184 g/mol. The van der Waals surface area contributed by atoms with Crippen molar-refractivity contribution in [1.29, 1.82) is 0 Å². The van der Waals surface area contributed by atoms with Crippen molar-refractivity contribution in [3.8, 4) is 0 Å². The molecule has 1 aliphatic rings. The fraction of sp³-hybridized carbons (Fsp3) is 0.750. The minimum Gasteiger partial charge on any atom is -0.390 e. The van der Waals surface area contributed by atoms with E-state index >= 15 is 0 Å². The maximum Gasteiger partial charge on any atom is 0.320 e. The van der Waals surface area contributed by atoms with Crippen molar-refractivity contribution >= 4 is 12.0 Å². The Kier molecular flexibility index (Phi) is 2.07. The lowest BCUT2D eigenvalue weighted by Crippen LogP contribution is -2.53. The van der Waals surface area contributed by atoms with E-state index in [1.165, 1.54) is 0 Å². The average molecular weight is 198 g/mol. The number of nitrogens with two attached hydrogens (primary N) is 1. The fourth-order valence-corrected chi connectivity index (χ4v) is 1.55. The summed E-state index contributed by atoms with van der Waals surface area (Å²) in [4.78, 5) is 2.01. The molecular formula is C8H14N4O2. The van der Waals surface area contributed by atoms with Crippen LogP contribution < -0.4 is 10.6 Å². The summed E-state index contributed by atoms with van der Waals surface area (Å²) in [7, 11) is 0. The molecule has 0 aliphatic carbocycles. The Balaban J connectivity index is 2.23. The lowest BCUT2D eigenvalue weighted by Gasteiger charge is -2.40. The van der Waals surface area contributed by atoms with E-state index in [2.05, 4.69) is 24.0 Å². The highest BCUT2D eigenvalue weighted by Gasteiger charge is 2.33. The summed E-state index contributed by atoms with van der Waals surface area (Å²) >= 11 is 0. The van der Waals surface area contributed by atoms with Crippen LogP contribution in [-0.2, 0) is 4.74 Å². The lowest BCUT2D eigenvalue weighted by atomic mass is 10.0. The molecule has 2 N–H and O–H groups in total. The van der Waals surface area contributed by atoms with Crippen molar-refractivity contribution in [2.75, 3.05) is 30.4 Å². The molecule has 0 atom stereocenters. The van der Waals surface area contributed by atoms with Gasteiger partial charge in [0, 0.05) is 6.54 Å². The monoisotopic (exact) mass is 198 g/mol. The van der Waals surface area contributed by atoms with Crippen LogP contribution in [0.15, 0.2) is 4.42 Å². The van der Waals surface area contributed by atoms with Crippen LogP contribution in [0, 0.1) is 0 Å². The van der Waals surface area contributed by atoms with E-state index in [1.54, 1.807) is 0 Å². The summed E-state index contributed by atoms with van der Waals surface area (Å²) in [5, 5.41) is 7.50. The highest BCUT2D eigenvalue weighted by atomic mass is 16.5. The number of hydrogen-bond acceptors (Lipinski definition) is 6. The van der Waals surface area contributed by atoms with Gasteiger partial charge in [0.05, 0.1) is 18.8 Å². The predicted molar refractivity (Wildman–Crippen MR) is 51.0 cm³/mol. The van der Waals surface area contributed by atoms with Crippen LogP contribution in [0.3, 0.4) is 0 Å². The maximum atomic E-state index is 5.38. The number of anilines is 2. The molecule has 1 aliphatic heterocycles. The highest BCUT2D eigenvalue weighted by molar-refractivity contribution is 5.33. The van der Waals surface area contributed by atoms with E-state index in [9.17, 15) is 0 Å². The van der Waals surface area contributed by atoms with Gasteiger partial charge in [0.25, 0.3) is 0 Å². The minimum atomic E-state index is -0.128. The Bertz CT molecular complexity index is 323. The van der Waals surface area contributed by atoms with Crippen LogP contribution in [0.2, 0.25) is 0 Å². The van der Waals surface area contributed by atoms with Gasteiger partial charge in [-0.25, -0.2) is 0 Å². The van der Waals surface area contributed by atoms with Crippen molar-refractivity contribution in [3.63, 3.8) is 0 Å². The van der Waals surface area contributed by atoms with Crippen molar-refractivity contribution in [3.05, 3.63) is 0 Å². The summed E-state index contributed by atoms with van der Waals surface area (Å²) in [6.45, 7) is 6.19. The smallest absolute Gasteiger partial charge is 0.320 e. The zero-order valence-electron chi connectivity index (χ0n) is 8.36. The zero-order chi connectivity index (χ0) is 10.2. The van der Waals surface area contributed by atoms with Crippen LogP contribution in [0.5, 0.6) is 0 Å². The molecule has 1 saturated heterocycles. The third-order valence-electron chi connectivity index (χ3n) is 2.31. The standard InChI is InChI=1S/C8H14N4O2/c1-8(2)5-13-4-3-12(8)7-11-10-6(9)14-7/h3-5H2,1-2H3,(H2,9,10). The molecule has 0 radical (unpaired) electrons. The number of hydrogen-bond donors (Lipinski definition) is 1. The summed E-state index contributed by atoms with van der Waals surface area (Å²) in [5.41, 5.74) is 5.25. The Labute approximate surface area is 82.0 Å². The van der Waals surface area contributed by atoms with Crippen molar-refractivity contribution in [1.82, 2.24) is 10.2 Å². The van der Waals surface area contributed by atoms with Gasteiger partial charge in [0.2, 0.25) is 0 Å². The number of ether oxygens (including phenoxy) is 1. The van der Waals surface area contributed by atoms with E-state index in [0.29, 0.717) is 19.2 Å². The van der Waals surface area contributed by atoms with E-state index in [1.807, 2.05) is 4.90 Å². The third-order valence-corrected chi connectivity index (χ3v) is 2.31. The van der Waals surface area contributed by atoms with Crippen LogP contribution in [0.4, 0.5) is 12.0 Å². The van der Waals surface area contributed by atoms with Gasteiger partial charge in [-0.05, 0) is 13.8 Å². The molecule has 0 aromatic carbocycles. The molecule has 14 heavy (non-hydrogen) atoms. The van der Waals surface area contributed by atoms with E-state index in [0.717, 1.165) is 6.54 Å². The Morgan fingerprint density at radius 1 is 1.43 bits per heavy atom. The lowest BCUT2D eigenvalue weighted by molar-refractivity contribution is 0.0612. The van der Waals surface area contributed by atoms with Gasteiger partial charge in [0.15, 0.2) is 0 Å². The molecule has 0 amide bonds. The third kappa shape index (κ3) is 1.52. The minimum absolute atomic E-state index is 0.0993. The quantitative estimate of drug-likeness (QED) is 0.697. The summed E-state index contributed by atoms with van der Waals surface area (Å²) < 4.78 is 10.6. The van der Waals surface area contributed by atoms with Gasteiger partial charge >= 0.3 is 12.0 Å². The number of morpholine rings is 1. The SMILES string of the molecule is CC1(C)COCCN1c1nnc(N)o1. The Hall–Kier alpha value is -1.30. The first-order chi connectivity index (χ1) is 6.59. The van der Waals surface area contributed by atoms with Crippen molar-refractivity contribution < 1.29 is 9.15 Å². The van der Waals surface area contributed by atoms with Crippen LogP contribution >= 0.6 is 0 Å². The topological polar surface area (TPSA) is 77.4 Å². The molecule has 0 unspecified atom stereocenters. The van der Waals surface area contributed by atoms with Gasteiger partial charge in [-0.15, -0.1) is 0 Å². The number of aromatic nitrogens is 2. The summed E-state index contributed by atoms with van der Waals surface area (Å²) in [6.07, 6.45) is 0. The second-order valence-corrected chi connectivity index (χ2v) is 3.94. The largest absolute Gasteiger partial charge is 0.390 e. The zero-order valence-corrected chi connectivity index (χ0v) is 8.36. The molecule has 1 fully saturated rings. The Morgan fingerprint density at radius 3 is 2.79 bits per heavy atom. The van der Waals surface area contributed by atoms with E-state index < -0.39 is 0 Å². The van der Waals surface area contributed by atoms with Crippen LogP contribution in [0.1, 0.15) is 13.8 Å². The second-order valence-electron chi connectivity index (χ2n) is 3.94. The summed E-state index contributed by atoms with van der Waals surface area (Å²) in [5.74, 6) is 0. The van der Waals surface area contributed by atoms with Gasteiger partial charge in [-0.2, -0.15) is 0 Å². The molecule has 1 aromatic heterocycles. The van der Waals surface area contributed by atoms with Crippen LogP contribution in [-0.4, -0.2) is 35.5 Å². The van der Waals surface area contributed by atoms with E-state index in [-0.39, 0.29) is 11.6 Å². The second kappa shape index (κ2) is 3.13. The van der Waals surface area contributed by atoms with Gasteiger partial charge in [0.1, 0.15) is 0 Å². The number of nitrogen functional groups attached to an aromatic ring is 1. The Morgan fingerprint density at radius 2 is 2.21 bits per heavy atom. The molecule has 2 rings (SSSR count). The molecule has 1 aromatic rings. The van der Waals surface area contributed by atoms with Crippen molar-refractivity contribution in [2.24, 2.45) is 0 Å². The highest BCUT2D eigenvalue weighted by Crippen LogP contribution is 2.25. The first-order valence-electron chi connectivity index (χ1n) is 4.54. The van der Waals surface area contributed by atoms with Crippen LogP contribution in [0.25, 0.3) is 0 Å². The van der Waals surface area contributed by atoms with Gasteiger partial charge < -0.3 is 19.8 Å². The first kappa shape index (κ1) is 9.26. The molecule has 78 valence electrons. The predicted octanol–water partition coefficient (Wildman–Crippen LogP) is 0.267. The van der Waals surface area contributed by atoms with Crippen molar-refractivity contribution in [2.45, 2.75) is 19.4 Å². The molecule has 0 spiro atoms. The normalized spacial score (nSPS) is 21.1. The van der Waals surface area contributed by atoms with E-state index in [4.69, 9.17) is 14.9 Å². The molecule has 0 saturated carbocycles. The molecule has 2 heterocycles. The number of rotatable bonds is 1. The molecule has 0 bridgehead atoms.